The Labute approximate surface area is 49.7 Å². The van der Waals surface area contributed by atoms with Crippen LogP contribution in [0.25, 0.3) is 0 Å². The molecule has 0 amide bonds. The van der Waals surface area contributed by atoms with Crippen molar-refractivity contribution < 1.29 is 0 Å². The number of nitrogens with two attached hydrogens (primary N) is 1. The average Bonchev–Trinajstić information content (AvgIpc) is 2.14. The van der Waals surface area contributed by atoms with Gasteiger partial charge in [0.25, 0.3) is 5.95 Å². The Morgan fingerprint density at radius 2 is 2.50 bits per heavy atom. The standard InChI is InChI=1S/CH3ClN6/c2-8-1(4-3)5-6-7-8/h3H2,(H,4,5,7). The minimum Gasteiger partial charge on any atom is -0.290 e. The Morgan fingerprint density at radius 3 is 2.75 bits per heavy atom. The molecule has 0 fully saturated rings. The molecule has 0 spiro atoms. The molecule has 1 rings (SSSR count). The van der Waals surface area contributed by atoms with E-state index < -0.39 is 0 Å². The molecule has 0 aliphatic heterocycles. The van der Waals surface area contributed by atoms with Gasteiger partial charge in [-0.25, -0.2) is 5.84 Å². The first kappa shape index (κ1) is 5.26. The lowest BCUT2D eigenvalue weighted by atomic mass is 11.1. The molecule has 0 saturated carbocycles. The average molecular weight is 135 g/mol. The van der Waals surface area contributed by atoms with Crippen molar-refractivity contribution in [3.63, 3.8) is 0 Å². The van der Waals surface area contributed by atoms with Gasteiger partial charge in [0, 0.05) is 11.8 Å². The maximum absolute atomic E-state index is 5.28. The van der Waals surface area contributed by atoms with Crippen molar-refractivity contribution in [3.8, 4) is 0 Å². The van der Waals surface area contributed by atoms with E-state index in [4.69, 9.17) is 17.6 Å². The number of tetrazole rings is 1. The van der Waals surface area contributed by atoms with Crippen LogP contribution < -0.4 is 11.3 Å². The molecular weight excluding hydrogens is 132 g/mol. The van der Waals surface area contributed by atoms with Crippen LogP contribution in [0, 0.1) is 0 Å². The van der Waals surface area contributed by atoms with Gasteiger partial charge in [0.15, 0.2) is 0 Å². The maximum Gasteiger partial charge on any atom is 0.272 e. The van der Waals surface area contributed by atoms with Crippen LogP contribution in [0.4, 0.5) is 5.95 Å². The third-order valence-electron chi connectivity index (χ3n) is 0.562. The summed E-state index contributed by atoms with van der Waals surface area (Å²) in [6.07, 6.45) is 0. The Hall–Kier alpha value is -0.880. The van der Waals surface area contributed by atoms with E-state index in [0.717, 1.165) is 4.20 Å². The molecule has 44 valence electrons. The zero-order valence-electron chi connectivity index (χ0n) is 3.74. The van der Waals surface area contributed by atoms with Gasteiger partial charge in [-0.1, -0.05) is 5.10 Å². The molecule has 0 unspecified atom stereocenters. The highest BCUT2D eigenvalue weighted by molar-refractivity contribution is 6.15. The molecule has 0 atom stereocenters. The molecule has 0 aliphatic rings. The van der Waals surface area contributed by atoms with Gasteiger partial charge in [0.1, 0.15) is 0 Å². The van der Waals surface area contributed by atoms with Crippen LogP contribution >= 0.6 is 11.8 Å². The number of hydrogen-bond donors (Lipinski definition) is 2. The van der Waals surface area contributed by atoms with E-state index in [1.54, 1.807) is 0 Å². The number of halogens is 1. The van der Waals surface area contributed by atoms with Crippen LogP contribution in [0.15, 0.2) is 0 Å². The summed E-state index contributed by atoms with van der Waals surface area (Å²) in [5.41, 5.74) is 2.17. The Balaban J connectivity index is 2.92. The first-order valence-electron chi connectivity index (χ1n) is 1.75. The number of anilines is 1. The molecular formula is CH3ClN6. The van der Waals surface area contributed by atoms with Crippen molar-refractivity contribution in [3.05, 3.63) is 0 Å². The number of rotatable bonds is 1. The Kier molecular flexibility index (Phi) is 1.27. The SMILES string of the molecule is NNc1nnnn1Cl. The maximum atomic E-state index is 5.28. The van der Waals surface area contributed by atoms with E-state index in [0.29, 0.717) is 0 Å². The largest absolute Gasteiger partial charge is 0.290 e. The lowest BCUT2D eigenvalue weighted by molar-refractivity contribution is 0.846. The predicted octanol–water partition coefficient (Wildman–Crippen LogP) is -1.04. The third kappa shape index (κ3) is 0.703. The van der Waals surface area contributed by atoms with Crippen molar-refractivity contribution in [1.29, 1.82) is 0 Å². The van der Waals surface area contributed by atoms with Gasteiger partial charge in [-0.3, -0.25) is 5.43 Å². The fourth-order valence-corrected chi connectivity index (χ4v) is 0.372. The van der Waals surface area contributed by atoms with Crippen molar-refractivity contribution in [1.82, 2.24) is 19.7 Å². The number of hydrazine groups is 1. The molecule has 0 radical (unpaired) electrons. The number of hydrogen-bond acceptors (Lipinski definition) is 5. The van der Waals surface area contributed by atoms with Crippen LogP contribution in [0.3, 0.4) is 0 Å². The second-order valence-corrected chi connectivity index (χ2v) is 1.33. The van der Waals surface area contributed by atoms with E-state index in [1.165, 1.54) is 0 Å². The molecule has 1 aromatic heterocycles. The Bertz CT molecular complexity index is 169. The van der Waals surface area contributed by atoms with Gasteiger partial charge in [0.05, 0.1) is 0 Å². The molecule has 0 saturated heterocycles. The summed E-state index contributed by atoms with van der Waals surface area (Å²) in [6, 6.07) is 0. The molecule has 0 aliphatic carbocycles. The van der Waals surface area contributed by atoms with Crippen LogP contribution in [0.5, 0.6) is 0 Å². The minimum absolute atomic E-state index is 0.215. The van der Waals surface area contributed by atoms with E-state index in [1.807, 2.05) is 0 Å². The molecule has 8 heavy (non-hydrogen) atoms. The zero-order valence-corrected chi connectivity index (χ0v) is 4.50. The van der Waals surface area contributed by atoms with Crippen molar-refractivity contribution in [2.45, 2.75) is 0 Å². The van der Waals surface area contributed by atoms with Gasteiger partial charge in [-0.15, -0.1) is 4.20 Å². The van der Waals surface area contributed by atoms with Gasteiger partial charge in [-0.2, -0.15) is 0 Å². The van der Waals surface area contributed by atoms with Gasteiger partial charge >= 0.3 is 0 Å². The molecule has 6 nitrogen and oxygen atoms in total. The van der Waals surface area contributed by atoms with E-state index in [2.05, 4.69) is 21.0 Å². The van der Waals surface area contributed by atoms with Crippen LogP contribution in [0.1, 0.15) is 0 Å². The lowest BCUT2D eigenvalue weighted by Gasteiger charge is -1.88. The Morgan fingerprint density at radius 1 is 1.75 bits per heavy atom. The summed E-state index contributed by atoms with van der Waals surface area (Å²) in [6.45, 7) is 0. The highest BCUT2D eigenvalue weighted by Crippen LogP contribution is 1.95. The van der Waals surface area contributed by atoms with Crippen LogP contribution in [-0.2, 0) is 0 Å². The van der Waals surface area contributed by atoms with Crippen molar-refractivity contribution >= 4 is 17.7 Å². The number of nitrogens with one attached hydrogen (secondary N) is 1. The quantitative estimate of drug-likeness (QED) is 0.379. The fourth-order valence-electron chi connectivity index (χ4n) is 0.259. The monoisotopic (exact) mass is 134 g/mol. The summed E-state index contributed by atoms with van der Waals surface area (Å²) in [7, 11) is 0. The normalized spacial score (nSPS) is 9.25. The highest BCUT2D eigenvalue weighted by Gasteiger charge is 1.96. The number of nitrogen functional groups attached to an aromatic ring is 1. The number of aromatic nitrogens is 4. The lowest BCUT2D eigenvalue weighted by Crippen LogP contribution is -2.10. The molecule has 7 heteroatoms. The number of nitrogens with zero attached hydrogens (tertiary/aromatic N) is 4. The van der Waals surface area contributed by atoms with Gasteiger partial charge in [0.2, 0.25) is 0 Å². The fraction of sp³-hybridized carbons (Fsp3) is 0. The highest BCUT2D eigenvalue weighted by atomic mass is 35.5. The van der Waals surface area contributed by atoms with Crippen molar-refractivity contribution in [2.24, 2.45) is 5.84 Å². The smallest absolute Gasteiger partial charge is 0.272 e. The summed E-state index contributed by atoms with van der Waals surface area (Å²) < 4.78 is 0.903. The van der Waals surface area contributed by atoms with E-state index in [9.17, 15) is 0 Å². The molecule has 1 aromatic rings. The van der Waals surface area contributed by atoms with Crippen LogP contribution in [-0.4, -0.2) is 19.7 Å². The molecule has 3 N–H and O–H groups in total. The van der Waals surface area contributed by atoms with E-state index in [-0.39, 0.29) is 5.95 Å². The summed E-state index contributed by atoms with van der Waals surface area (Å²) in [5, 5.41) is 9.82. The minimum atomic E-state index is 0.215. The zero-order chi connectivity index (χ0) is 5.98. The molecule has 1 heterocycles. The van der Waals surface area contributed by atoms with Gasteiger partial charge in [-0.05, 0) is 10.4 Å². The first-order valence-corrected chi connectivity index (χ1v) is 2.09. The third-order valence-corrected chi connectivity index (χ3v) is 0.790. The van der Waals surface area contributed by atoms with Gasteiger partial charge < -0.3 is 0 Å². The summed E-state index contributed by atoms with van der Waals surface area (Å²) >= 11 is 5.28. The molecule has 0 bridgehead atoms. The second-order valence-electron chi connectivity index (χ2n) is 1.01. The first-order chi connectivity index (χ1) is 3.84. The van der Waals surface area contributed by atoms with Crippen LogP contribution in [0.2, 0.25) is 0 Å². The van der Waals surface area contributed by atoms with Crippen molar-refractivity contribution in [2.75, 3.05) is 5.43 Å². The van der Waals surface area contributed by atoms with E-state index >= 15 is 0 Å². The predicted molar refractivity (Wildman–Crippen MR) is 26.9 cm³/mol. The molecule has 0 aromatic carbocycles. The summed E-state index contributed by atoms with van der Waals surface area (Å²) in [4.78, 5) is 0. The summed E-state index contributed by atoms with van der Waals surface area (Å²) in [5.74, 6) is 5.11. The topological polar surface area (TPSA) is 81.7 Å². The second kappa shape index (κ2) is 1.93.